The first-order valence-corrected chi connectivity index (χ1v) is 7.59. The number of hydrazine groups is 1. The summed E-state index contributed by atoms with van der Waals surface area (Å²) in [7, 11) is 3.81. The number of hydrogen-bond acceptors (Lipinski definition) is 7. The van der Waals surface area contributed by atoms with E-state index in [1.807, 2.05) is 19.0 Å². The van der Waals surface area contributed by atoms with Gasteiger partial charge in [-0.25, -0.2) is 5.84 Å². The second-order valence-corrected chi connectivity index (χ2v) is 5.81. The molecule has 0 saturated carbocycles. The maximum atomic E-state index is 5.49. The summed E-state index contributed by atoms with van der Waals surface area (Å²) in [5.74, 6) is 7.70. The highest BCUT2D eigenvalue weighted by molar-refractivity contribution is 5.44. The molecule has 7 heteroatoms. The van der Waals surface area contributed by atoms with E-state index in [2.05, 4.69) is 53.0 Å². The second kappa shape index (κ2) is 7.97. The molecule has 21 heavy (non-hydrogen) atoms. The van der Waals surface area contributed by atoms with Gasteiger partial charge in [-0.3, -0.25) is 5.43 Å². The van der Waals surface area contributed by atoms with Crippen molar-refractivity contribution < 1.29 is 0 Å². The molecule has 0 unspecified atom stereocenters. The molecule has 0 aliphatic heterocycles. The molecule has 1 aromatic heterocycles. The Bertz CT molecular complexity index is 429. The van der Waals surface area contributed by atoms with E-state index < -0.39 is 0 Å². The molecule has 0 aliphatic rings. The highest BCUT2D eigenvalue weighted by Gasteiger charge is 2.21. The van der Waals surface area contributed by atoms with E-state index in [4.69, 9.17) is 5.84 Å². The largest absolute Gasteiger partial charge is 0.347 e. The Morgan fingerprint density at radius 3 is 2.05 bits per heavy atom. The molecule has 0 atom stereocenters. The van der Waals surface area contributed by atoms with Crippen molar-refractivity contribution >= 4 is 17.8 Å². The first-order chi connectivity index (χ1) is 9.92. The van der Waals surface area contributed by atoms with Gasteiger partial charge in [0.25, 0.3) is 0 Å². The van der Waals surface area contributed by atoms with Crippen LogP contribution in [0.25, 0.3) is 0 Å². The molecule has 0 saturated heterocycles. The summed E-state index contributed by atoms with van der Waals surface area (Å²) >= 11 is 0. The number of hydrogen-bond donors (Lipinski definition) is 2. The molecule has 0 fully saturated rings. The lowest BCUT2D eigenvalue weighted by molar-refractivity contribution is 0.498. The molecule has 0 bridgehead atoms. The SMILES string of the molecule is CCC(CC)N(CC(C)C)c1nc(NN)nc(N(C)C)n1. The standard InChI is InChI=1S/C14H29N7/c1-7-11(8-2)21(9-10(3)4)14-17-12(19-15)16-13(18-14)20(5)6/h10-11H,7-9,15H2,1-6H3,(H,16,17,18,19). The predicted molar refractivity (Wildman–Crippen MR) is 88.5 cm³/mol. The van der Waals surface area contributed by atoms with Crippen LogP contribution in [0, 0.1) is 5.92 Å². The van der Waals surface area contributed by atoms with E-state index in [1.54, 1.807) is 0 Å². The van der Waals surface area contributed by atoms with E-state index in [9.17, 15) is 0 Å². The third-order valence-corrected chi connectivity index (χ3v) is 3.34. The van der Waals surface area contributed by atoms with Crippen molar-refractivity contribution in [2.24, 2.45) is 11.8 Å². The van der Waals surface area contributed by atoms with Crippen molar-refractivity contribution in [2.75, 3.05) is 35.9 Å². The van der Waals surface area contributed by atoms with Crippen LogP contribution in [0.3, 0.4) is 0 Å². The Morgan fingerprint density at radius 1 is 1.05 bits per heavy atom. The third kappa shape index (κ3) is 4.70. The summed E-state index contributed by atoms with van der Waals surface area (Å²) in [5, 5.41) is 0. The molecule has 120 valence electrons. The molecule has 0 amide bonds. The van der Waals surface area contributed by atoms with Crippen molar-refractivity contribution in [3.63, 3.8) is 0 Å². The average Bonchev–Trinajstić information content (AvgIpc) is 2.46. The lowest BCUT2D eigenvalue weighted by atomic mass is 10.1. The molecule has 1 heterocycles. The maximum absolute atomic E-state index is 5.49. The normalized spacial score (nSPS) is 11.1. The van der Waals surface area contributed by atoms with Crippen LogP contribution in [-0.4, -0.2) is 41.6 Å². The molecular formula is C14H29N7. The van der Waals surface area contributed by atoms with Crippen LogP contribution in [0.4, 0.5) is 17.8 Å². The maximum Gasteiger partial charge on any atom is 0.243 e. The fourth-order valence-electron chi connectivity index (χ4n) is 2.26. The highest BCUT2D eigenvalue weighted by Crippen LogP contribution is 2.21. The number of nitrogens with two attached hydrogens (primary N) is 1. The van der Waals surface area contributed by atoms with Gasteiger partial charge in [-0.2, -0.15) is 15.0 Å². The van der Waals surface area contributed by atoms with Gasteiger partial charge < -0.3 is 9.80 Å². The zero-order valence-electron chi connectivity index (χ0n) is 14.1. The van der Waals surface area contributed by atoms with E-state index in [0.29, 0.717) is 29.8 Å². The first kappa shape index (κ1) is 17.4. The number of nitrogen functional groups attached to an aromatic ring is 1. The van der Waals surface area contributed by atoms with Gasteiger partial charge in [0.15, 0.2) is 0 Å². The molecule has 3 N–H and O–H groups in total. The van der Waals surface area contributed by atoms with Gasteiger partial charge >= 0.3 is 0 Å². The Morgan fingerprint density at radius 2 is 1.62 bits per heavy atom. The van der Waals surface area contributed by atoms with Crippen LogP contribution in [0.1, 0.15) is 40.5 Å². The van der Waals surface area contributed by atoms with Crippen molar-refractivity contribution in [3.05, 3.63) is 0 Å². The molecule has 0 aliphatic carbocycles. The molecular weight excluding hydrogens is 266 g/mol. The third-order valence-electron chi connectivity index (χ3n) is 3.34. The summed E-state index contributed by atoms with van der Waals surface area (Å²) in [5.41, 5.74) is 2.53. The zero-order chi connectivity index (χ0) is 16.0. The van der Waals surface area contributed by atoms with Crippen LogP contribution < -0.4 is 21.1 Å². The minimum Gasteiger partial charge on any atom is -0.347 e. The van der Waals surface area contributed by atoms with Gasteiger partial charge in [-0.15, -0.1) is 0 Å². The van der Waals surface area contributed by atoms with Crippen LogP contribution >= 0.6 is 0 Å². The fourth-order valence-corrected chi connectivity index (χ4v) is 2.26. The monoisotopic (exact) mass is 295 g/mol. The zero-order valence-corrected chi connectivity index (χ0v) is 14.1. The number of nitrogens with one attached hydrogen (secondary N) is 1. The van der Waals surface area contributed by atoms with Gasteiger partial charge in [0, 0.05) is 26.7 Å². The molecule has 1 rings (SSSR count). The van der Waals surface area contributed by atoms with E-state index in [1.165, 1.54) is 0 Å². The second-order valence-electron chi connectivity index (χ2n) is 5.81. The first-order valence-electron chi connectivity index (χ1n) is 7.59. The lowest BCUT2D eigenvalue weighted by Crippen LogP contribution is -2.39. The van der Waals surface area contributed by atoms with Crippen molar-refractivity contribution in [1.82, 2.24) is 15.0 Å². The van der Waals surface area contributed by atoms with Gasteiger partial charge in [0.1, 0.15) is 0 Å². The molecule has 0 spiro atoms. The fraction of sp³-hybridized carbons (Fsp3) is 0.786. The Hall–Kier alpha value is -1.63. The van der Waals surface area contributed by atoms with Gasteiger partial charge in [0.05, 0.1) is 0 Å². The minimum atomic E-state index is 0.392. The van der Waals surface area contributed by atoms with Crippen LogP contribution in [0.2, 0.25) is 0 Å². The van der Waals surface area contributed by atoms with Crippen molar-refractivity contribution in [3.8, 4) is 0 Å². The predicted octanol–water partition coefficient (Wildman–Crippen LogP) is 1.87. The summed E-state index contributed by atoms with van der Waals surface area (Å²) in [6.45, 7) is 9.69. The van der Waals surface area contributed by atoms with Gasteiger partial charge in [-0.05, 0) is 18.8 Å². The van der Waals surface area contributed by atoms with Crippen LogP contribution in [0.5, 0.6) is 0 Å². The van der Waals surface area contributed by atoms with Crippen LogP contribution in [0.15, 0.2) is 0 Å². The molecule has 7 nitrogen and oxygen atoms in total. The quantitative estimate of drug-likeness (QED) is 0.559. The summed E-state index contributed by atoms with van der Waals surface area (Å²) in [6, 6.07) is 0.412. The lowest BCUT2D eigenvalue weighted by Gasteiger charge is -2.32. The van der Waals surface area contributed by atoms with Gasteiger partial charge in [-0.1, -0.05) is 27.7 Å². The number of aromatic nitrogens is 3. The Balaban J connectivity index is 3.24. The van der Waals surface area contributed by atoms with Crippen molar-refractivity contribution in [1.29, 1.82) is 0 Å². The minimum absolute atomic E-state index is 0.392. The topological polar surface area (TPSA) is 83.2 Å². The number of anilines is 3. The summed E-state index contributed by atoms with van der Waals surface area (Å²) in [6.07, 6.45) is 2.11. The van der Waals surface area contributed by atoms with E-state index in [0.717, 1.165) is 19.4 Å². The van der Waals surface area contributed by atoms with Crippen molar-refractivity contribution in [2.45, 2.75) is 46.6 Å². The Kier molecular flexibility index (Phi) is 6.61. The summed E-state index contributed by atoms with van der Waals surface area (Å²) < 4.78 is 0. The number of nitrogens with zero attached hydrogens (tertiary/aromatic N) is 5. The van der Waals surface area contributed by atoms with E-state index in [-0.39, 0.29) is 0 Å². The average molecular weight is 295 g/mol. The summed E-state index contributed by atoms with van der Waals surface area (Å²) in [4.78, 5) is 17.4. The highest BCUT2D eigenvalue weighted by atomic mass is 15.4. The molecule has 1 aromatic rings. The van der Waals surface area contributed by atoms with Gasteiger partial charge in [0.2, 0.25) is 17.8 Å². The smallest absolute Gasteiger partial charge is 0.243 e. The van der Waals surface area contributed by atoms with Crippen LogP contribution in [-0.2, 0) is 0 Å². The number of rotatable bonds is 8. The Labute approximate surface area is 127 Å². The van der Waals surface area contributed by atoms with E-state index >= 15 is 0 Å². The molecule has 0 aromatic carbocycles. The molecule has 0 radical (unpaired) electrons.